The molecule has 1 N–H and O–H groups in total. The van der Waals surface area contributed by atoms with E-state index in [-0.39, 0.29) is 0 Å². The van der Waals surface area contributed by atoms with Crippen molar-refractivity contribution in [2.24, 2.45) is 5.11 Å². The van der Waals surface area contributed by atoms with E-state index >= 15 is 0 Å². The lowest BCUT2D eigenvalue weighted by atomic mass is 10.1. The number of nitrogens with one attached hydrogen (secondary N) is 1. The Morgan fingerprint density at radius 3 is 1.89 bits per heavy atom. The number of rotatable bonds is 5. The van der Waals surface area contributed by atoms with Crippen molar-refractivity contribution < 1.29 is 0 Å². The Balaban J connectivity index is 3.29. The van der Waals surface area contributed by atoms with Crippen molar-refractivity contribution in [2.45, 2.75) is 45.6 Å². The molecule has 0 fully saturated rings. The molecule has 0 saturated heterocycles. The van der Waals surface area contributed by atoms with E-state index in [1.54, 1.807) is 0 Å². The Morgan fingerprint density at radius 1 is 1.22 bits per heavy atom. The van der Waals surface area contributed by atoms with E-state index in [9.17, 15) is 0 Å². The molecule has 0 aliphatic heterocycles. The largest absolute Gasteiger partial charge is 0.210 e. The van der Waals surface area contributed by atoms with Crippen LogP contribution in [0.25, 0.3) is 0 Å². The van der Waals surface area contributed by atoms with Crippen molar-refractivity contribution in [3.8, 4) is 0 Å². The monoisotopic (exact) mass is 128 g/mol. The molecule has 0 bridgehead atoms. The summed E-state index contributed by atoms with van der Waals surface area (Å²) in [6.07, 6.45) is 4.45. The van der Waals surface area contributed by atoms with Crippen LogP contribution in [0.1, 0.15) is 39.5 Å². The van der Waals surface area contributed by atoms with Crippen molar-refractivity contribution in [1.82, 2.24) is 0 Å². The number of hydrogen-bond acceptors (Lipinski definition) is 2. The van der Waals surface area contributed by atoms with Crippen molar-refractivity contribution in [3.05, 3.63) is 0 Å². The first-order valence-electron chi connectivity index (χ1n) is 3.71. The van der Waals surface area contributed by atoms with Crippen LogP contribution in [0.3, 0.4) is 0 Å². The predicted molar refractivity (Wildman–Crippen MR) is 38.8 cm³/mol. The first-order valence-corrected chi connectivity index (χ1v) is 3.71. The maximum Gasteiger partial charge on any atom is 0.0705 e. The zero-order chi connectivity index (χ0) is 7.11. The predicted octanol–water partition coefficient (Wildman–Crippen LogP) is 2.99. The van der Waals surface area contributed by atoms with Crippen molar-refractivity contribution in [2.75, 3.05) is 0 Å². The molecule has 0 unspecified atom stereocenters. The minimum atomic E-state index is 0.306. The summed E-state index contributed by atoms with van der Waals surface area (Å²) in [4.78, 5) is 0. The molecule has 0 radical (unpaired) electrons. The van der Waals surface area contributed by atoms with Crippen LogP contribution < -0.4 is 0 Å². The van der Waals surface area contributed by atoms with Crippen LogP contribution in [0.15, 0.2) is 5.11 Å². The van der Waals surface area contributed by atoms with Crippen LogP contribution in [0.4, 0.5) is 0 Å². The summed E-state index contributed by atoms with van der Waals surface area (Å²) in [7, 11) is 0. The van der Waals surface area contributed by atoms with Gasteiger partial charge in [-0.15, -0.1) is 0 Å². The second kappa shape index (κ2) is 5.73. The molecule has 0 spiro atoms. The minimum absolute atomic E-state index is 0.306. The van der Waals surface area contributed by atoms with Gasteiger partial charge >= 0.3 is 0 Å². The van der Waals surface area contributed by atoms with Gasteiger partial charge in [0, 0.05) is 0 Å². The molecule has 0 rings (SSSR count). The third-order valence-corrected chi connectivity index (χ3v) is 1.43. The summed E-state index contributed by atoms with van der Waals surface area (Å²) in [5.41, 5.74) is 6.79. The molecule has 0 amide bonds. The molecule has 0 aromatic carbocycles. The zero-order valence-corrected chi connectivity index (χ0v) is 6.35. The Morgan fingerprint density at radius 2 is 1.67 bits per heavy atom. The molecule has 2 nitrogen and oxygen atoms in total. The molecule has 0 saturated carbocycles. The van der Waals surface area contributed by atoms with E-state index < -0.39 is 0 Å². The summed E-state index contributed by atoms with van der Waals surface area (Å²) in [5, 5.41) is 3.52. The van der Waals surface area contributed by atoms with Gasteiger partial charge in [-0.25, -0.2) is 5.53 Å². The quantitative estimate of drug-likeness (QED) is 0.552. The zero-order valence-electron chi connectivity index (χ0n) is 6.35. The number of hydrogen-bond donors (Lipinski definition) is 1. The molecule has 0 heterocycles. The van der Waals surface area contributed by atoms with Gasteiger partial charge in [0.15, 0.2) is 0 Å². The molecular weight excluding hydrogens is 112 g/mol. The topological polar surface area (TPSA) is 36.2 Å². The standard InChI is InChI=1S/C7H16N2/c1-3-5-7(9-8)6-4-2/h7-8H,3-6H2,1-2H3. The van der Waals surface area contributed by atoms with Gasteiger partial charge in [-0.05, 0) is 12.8 Å². The Kier molecular flexibility index (Phi) is 5.48. The molecule has 9 heavy (non-hydrogen) atoms. The van der Waals surface area contributed by atoms with Gasteiger partial charge in [-0.1, -0.05) is 26.7 Å². The maximum absolute atomic E-state index is 6.79. The average molecular weight is 128 g/mol. The van der Waals surface area contributed by atoms with Crippen molar-refractivity contribution in [1.29, 1.82) is 5.53 Å². The first kappa shape index (κ1) is 8.60. The normalized spacial score (nSPS) is 10.1. The third kappa shape index (κ3) is 4.13. The highest BCUT2D eigenvalue weighted by molar-refractivity contribution is 4.60. The Labute approximate surface area is 57.2 Å². The summed E-state index contributed by atoms with van der Waals surface area (Å²) in [6, 6.07) is 0.306. The van der Waals surface area contributed by atoms with Gasteiger partial charge in [0.25, 0.3) is 0 Å². The fourth-order valence-corrected chi connectivity index (χ4v) is 0.940. The van der Waals surface area contributed by atoms with Crippen LogP contribution in [-0.2, 0) is 0 Å². The molecule has 0 aliphatic rings. The maximum atomic E-state index is 6.79. The van der Waals surface area contributed by atoms with E-state index in [2.05, 4.69) is 19.0 Å². The van der Waals surface area contributed by atoms with E-state index in [1.807, 2.05) is 0 Å². The van der Waals surface area contributed by atoms with Crippen LogP contribution in [0.5, 0.6) is 0 Å². The molecule has 0 aromatic rings. The van der Waals surface area contributed by atoms with Gasteiger partial charge in [0.1, 0.15) is 0 Å². The number of nitrogens with zero attached hydrogens (tertiary/aromatic N) is 1. The van der Waals surface area contributed by atoms with E-state index in [0.717, 1.165) is 25.7 Å². The lowest BCUT2D eigenvalue weighted by Gasteiger charge is -2.05. The average Bonchev–Trinajstić information content (AvgIpc) is 1.88. The molecule has 0 aromatic heterocycles. The first-order chi connectivity index (χ1) is 4.35. The van der Waals surface area contributed by atoms with E-state index in [4.69, 9.17) is 5.53 Å². The summed E-state index contributed by atoms with van der Waals surface area (Å²) in [5.74, 6) is 0. The van der Waals surface area contributed by atoms with Gasteiger partial charge in [0.05, 0.1) is 6.04 Å². The van der Waals surface area contributed by atoms with Crippen LogP contribution in [-0.4, -0.2) is 6.04 Å². The summed E-state index contributed by atoms with van der Waals surface area (Å²) < 4.78 is 0. The van der Waals surface area contributed by atoms with Crippen LogP contribution >= 0.6 is 0 Å². The molecule has 0 aliphatic carbocycles. The van der Waals surface area contributed by atoms with Crippen LogP contribution in [0.2, 0.25) is 0 Å². The van der Waals surface area contributed by atoms with Crippen molar-refractivity contribution >= 4 is 0 Å². The highest BCUT2D eigenvalue weighted by Gasteiger charge is 2.01. The van der Waals surface area contributed by atoms with E-state index in [0.29, 0.717) is 6.04 Å². The van der Waals surface area contributed by atoms with Gasteiger partial charge in [0.2, 0.25) is 0 Å². The Bertz CT molecular complexity index is 65.3. The smallest absolute Gasteiger partial charge is 0.0705 e. The highest BCUT2D eigenvalue weighted by atomic mass is 15.0. The SMILES string of the molecule is CCCC(CCC)N=N. The third-order valence-electron chi connectivity index (χ3n) is 1.43. The second-order valence-corrected chi connectivity index (χ2v) is 2.36. The molecule has 54 valence electrons. The molecule has 2 heteroatoms. The molecule has 0 atom stereocenters. The summed E-state index contributed by atoms with van der Waals surface area (Å²) in [6.45, 7) is 4.27. The lowest BCUT2D eigenvalue weighted by molar-refractivity contribution is 0.526. The van der Waals surface area contributed by atoms with Crippen LogP contribution in [0, 0.1) is 5.53 Å². The highest BCUT2D eigenvalue weighted by Crippen LogP contribution is 2.07. The Hall–Kier alpha value is -0.400. The van der Waals surface area contributed by atoms with Gasteiger partial charge < -0.3 is 0 Å². The van der Waals surface area contributed by atoms with Gasteiger partial charge in [-0.2, -0.15) is 5.11 Å². The fourth-order valence-electron chi connectivity index (χ4n) is 0.940. The summed E-state index contributed by atoms with van der Waals surface area (Å²) >= 11 is 0. The van der Waals surface area contributed by atoms with E-state index in [1.165, 1.54) is 0 Å². The fraction of sp³-hybridized carbons (Fsp3) is 1.00. The second-order valence-electron chi connectivity index (χ2n) is 2.36. The lowest BCUT2D eigenvalue weighted by Crippen LogP contribution is -2.00. The van der Waals surface area contributed by atoms with Gasteiger partial charge in [-0.3, -0.25) is 0 Å². The van der Waals surface area contributed by atoms with Crippen molar-refractivity contribution in [3.63, 3.8) is 0 Å². The minimum Gasteiger partial charge on any atom is -0.210 e. The molecular formula is C7H16N2.